The zero-order valence-corrected chi connectivity index (χ0v) is 12.7. The summed E-state index contributed by atoms with van der Waals surface area (Å²) in [5, 5.41) is 1.15. The van der Waals surface area contributed by atoms with Crippen LogP contribution in [0, 0.1) is 20.8 Å². The molecule has 2 aromatic carbocycles. The molecule has 1 aromatic heterocycles. The van der Waals surface area contributed by atoms with Crippen LogP contribution in [0.5, 0.6) is 0 Å². The molecular weight excluding hydrogens is 258 g/mol. The van der Waals surface area contributed by atoms with E-state index in [1.807, 2.05) is 17.6 Å². The van der Waals surface area contributed by atoms with Crippen LogP contribution in [0.3, 0.4) is 0 Å². The third-order valence-electron chi connectivity index (χ3n) is 3.93. The van der Waals surface area contributed by atoms with Crippen molar-refractivity contribution in [2.45, 2.75) is 27.3 Å². The Morgan fingerprint density at radius 1 is 0.857 bits per heavy atom. The molecule has 0 fully saturated rings. The topological polar surface area (TPSA) is 22.0 Å². The molecule has 1 heterocycles. The summed E-state index contributed by atoms with van der Waals surface area (Å²) < 4.78 is 1.85. The second kappa shape index (κ2) is 5.21. The molecule has 3 aromatic rings. The van der Waals surface area contributed by atoms with Gasteiger partial charge < -0.3 is 4.57 Å². The summed E-state index contributed by atoms with van der Waals surface area (Å²) in [6, 6.07) is 16.3. The van der Waals surface area contributed by atoms with Crippen LogP contribution in [0.4, 0.5) is 0 Å². The lowest BCUT2D eigenvalue weighted by Gasteiger charge is -2.13. The monoisotopic (exact) mass is 277 g/mol. The number of pyridine rings is 1. The molecule has 0 radical (unpaired) electrons. The van der Waals surface area contributed by atoms with E-state index >= 15 is 0 Å². The molecule has 0 aliphatic rings. The third-order valence-corrected chi connectivity index (χ3v) is 3.93. The summed E-state index contributed by atoms with van der Waals surface area (Å²) in [4.78, 5) is 12.4. The van der Waals surface area contributed by atoms with Crippen molar-refractivity contribution in [2.24, 2.45) is 0 Å². The van der Waals surface area contributed by atoms with E-state index in [4.69, 9.17) is 0 Å². The molecule has 0 saturated carbocycles. The normalized spacial score (nSPS) is 11.0. The van der Waals surface area contributed by atoms with Crippen molar-refractivity contribution in [3.05, 3.63) is 81.1 Å². The lowest BCUT2D eigenvalue weighted by molar-refractivity contribution is 0.792. The molecule has 0 spiro atoms. The predicted molar refractivity (Wildman–Crippen MR) is 88.0 cm³/mol. The molecule has 0 N–H and O–H groups in total. The van der Waals surface area contributed by atoms with Gasteiger partial charge in [0.2, 0.25) is 0 Å². The van der Waals surface area contributed by atoms with Gasteiger partial charge in [0.05, 0.1) is 12.1 Å². The third kappa shape index (κ3) is 2.62. The number of aryl methyl sites for hydroxylation is 3. The zero-order chi connectivity index (χ0) is 15.0. The first kappa shape index (κ1) is 13.6. The second-order valence-corrected chi connectivity index (χ2v) is 5.76. The SMILES string of the molecule is Cc1ccc(Cn2c(=O)cc(C)c3cc(C)ccc32)cc1. The Kier molecular flexibility index (Phi) is 3.38. The molecule has 0 bridgehead atoms. The fourth-order valence-corrected chi connectivity index (χ4v) is 2.70. The van der Waals surface area contributed by atoms with Crippen LogP contribution in [-0.2, 0) is 6.54 Å². The van der Waals surface area contributed by atoms with Crippen molar-refractivity contribution in [1.29, 1.82) is 0 Å². The van der Waals surface area contributed by atoms with Gasteiger partial charge in [0.25, 0.3) is 5.56 Å². The Morgan fingerprint density at radius 3 is 2.24 bits per heavy atom. The number of aromatic nitrogens is 1. The highest BCUT2D eigenvalue weighted by molar-refractivity contribution is 5.83. The molecule has 0 unspecified atom stereocenters. The van der Waals surface area contributed by atoms with Gasteiger partial charge in [0, 0.05) is 11.5 Å². The van der Waals surface area contributed by atoms with Crippen molar-refractivity contribution in [3.63, 3.8) is 0 Å². The lowest BCUT2D eigenvalue weighted by Crippen LogP contribution is -2.21. The number of rotatable bonds is 2. The molecule has 0 aliphatic carbocycles. The predicted octanol–water partition coefficient (Wildman–Crippen LogP) is 3.98. The number of fused-ring (bicyclic) bond motifs is 1. The summed E-state index contributed by atoms with van der Waals surface area (Å²) in [6.45, 7) is 6.76. The summed E-state index contributed by atoms with van der Waals surface area (Å²) in [6.07, 6.45) is 0. The Morgan fingerprint density at radius 2 is 1.52 bits per heavy atom. The quantitative estimate of drug-likeness (QED) is 0.694. The molecule has 106 valence electrons. The highest BCUT2D eigenvalue weighted by Crippen LogP contribution is 2.19. The number of hydrogen-bond donors (Lipinski definition) is 0. The highest BCUT2D eigenvalue weighted by Gasteiger charge is 2.07. The van der Waals surface area contributed by atoms with Crippen LogP contribution in [-0.4, -0.2) is 4.57 Å². The second-order valence-electron chi connectivity index (χ2n) is 5.76. The molecule has 0 atom stereocenters. The fraction of sp³-hybridized carbons (Fsp3) is 0.211. The maximum atomic E-state index is 12.4. The lowest BCUT2D eigenvalue weighted by atomic mass is 10.1. The molecule has 0 aliphatic heterocycles. The van der Waals surface area contributed by atoms with Gasteiger partial charge in [-0.2, -0.15) is 0 Å². The van der Waals surface area contributed by atoms with Crippen molar-refractivity contribution in [2.75, 3.05) is 0 Å². The molecule has 21 heavy (non-hydrogen) atoms. The van der Waals surface area contributed by atoms with Crippen LogP contribution in [0.25, 0.3) is 10.9 Å². The van der Waals surface area contributed by atoms with Gasteiger partial charge in [-0.15, -0.1) is 0 Å². The first-order valence-electron chi connectivity index (χ1n) is 7.21. The van der Waals surface area contributed by atoms with Crippen molar-refractivity contribution in [1.82, 2.24) is 4.57 Å². The molecule has 2 nitrogen and oxygen atoms in total. The maximum absolute atomic E-state index is 12.4. The number of nitrogens with zero attached hydrogens (tertiary/aromatic N) is 1. The number of hydrogen-bond acceptors (Lipinski definition) is 1. The summed E-state index contributed by atoms with van der Waals surface area (Å²) in [7, 11) is 0. The summed E-state index contributed by atoms with van der Waals surface area (Å²) in [5.41, 5.74) is 5.70. The van der Waals surface area contributed by atoms with Crippen molar-refractivity contribution < 1.29 is 0 Å². The van der Waals surface area contributed by atoms with Gasteiger partial charge in [-0.25, -0.2) is 0 Å². The van der Waals surface area contributed by atoms with Crippen LogP contribution in [0.2, 0.25) is 0 Å². The zero-order valence-electron chi connectivity index (χ0n) is 12.7. The Balaban J connectivity index is 2.17. The first-order valence-corrected chi connectivity index (χ1v) is 7.21. The van der Waals surface area contributed by atoms with Crippen LogP contribution >= 0.6 is 0 Å². The fourth-order valence-electron chi connectivity index (χ4n) is 2.70. The Labute approximate surface area is 124 Å². The molecule has 0 amide bonds. The van der Waals surface area contributed by atoms with Crippen LogP contribution in [0.15, 0.2) is 53.3 Å². The first-order chi connectivity index (χ1) is 10.0. The molecule has 3 rings (SSSR count). The largest absolute Gasteiger partial charge is 0.304 e. The average Bonchev–Trinajstić information content (AvgIpc) is 2.46. The van der Waals surface area contributed by atoms with Gasteiger partial charge in [0.1, 0.15) is 0 Å². The summed E-state index contributed by atoms with van der Waals surface area (Å²) in [5.74, 6) is 0. The van der Waals surface area contributed by atoms with Crippen LogP contribution < -0.4 is 5.56 Å². The van der Waals surface area contributed by atoms with Gasteiger partial charge >= 0.3 is 0 Å². The van der Waals surface area contributed by atoms with Gasteiger partial charge in [-0.05, 0) is 44.0 Å². The van der Waals surface area contributed by atoms with E-state index in [0.717, 1.165) is 22.0 Å². The Hall–Kier alpha value is -2.35. The van der Waals surface area contributed by atoms with E-state index in [1.165, 1.54) is 11.1 Å². The van der Waals surface area contributed by atoms with E-state index in [2.05, 4.69) is 50.2 Å². The standard InChI is InChI=1S/C19H19NO/c1-13-4-7-16(8-5-13)12-20-18-9-6-14(2)10-17(18)15(3)11-19(20)21/h4-11H,12H2,1-3H3. The Bertz CT molecular complexity index is 857. The highest BCUT2D eigenvalue weighted by atomic mass is 16.1. The van der Waals surface area contributed by atoms with E-state index in [1.54, 1.807) is 6.07 Å². The van der Waals surface area contributed by atoms with Gasteiger partial charge in [-0.1, -0.05) is 41.5 Å². The molecule has 0 saturated heterocycles. The summed E-state index contributed by atoms with van der Waals surface area (Å²) >= 11 is 0. The number of benzene rings is 2. The van der Waals surface area contributed by atoms with E-state index < -0.39 is 0 Å². The van der Waals surface area contributed by atoms with E-state index in [-0.39, 0.29) is 5.56 Å². The van der Waals surface area contributed by atoms with Crippen LogP contribution in [0.1, 0.15) is 22.3 Å². The average molecular weight is 277 g/mol. The van der Waals surface area contributed by atoms with E-state index in [0.29, 0.717) is 6.54 Å². The minimum atomic E-state index is 0.0597. The maximum Gasteiger partial charge on any atom is 0.251 e. The molecule has 2 heteroatoms. The molecular formula is C19H19NO. The van der Waals surface area contributed by atoms with Gasteiger partial charge in [0.15, 0.2) is 0 Å². The minimum Gasteiger partial charge on any atom is -0.304 e. The van der Waals surface area contributed by atoms with Crippen molar-refractivity contribution >= 4 is 10.9 Å². The van der Waals surface area contributed by atoms with E-state index in [9.17, 15) is 4.79 Å². The minimum absolute atomic E-state index is 0.0597. The smallest absolute Gasteiger partial charge is 0.251 e. The van der Waals surface area contributed by atoms with Gasteiger partial charge in [-0.3, -0.25) is 4.79 Å². The van der Waals surface area contributed by atoms with Crippen molar-refractivity contribution in [3.8, 4) is 0 Å².